The van der Waals surface area contributed by atoms with Crippen molar-refractivity contribution in [1.82, 2.24) is 5.43 Å². The maximum Gasteiger partial charge on any atom is 0.0814 e. The Morgan fingerprint density at radius 1 is 1.69 bits per heavy atom. The lowest BCUT2D eigenvalue weighted by Gasteiger charge is -2.20. The van der Waals surface area contributed by atoms with Gasteiger partial charge in [-0.1, -0.05) is 6.07 Å². The van der Waals surface area contributed by atoms with Gasteiger partial charge in [-0.15, -0.1) is 11.3 Å². The van der Waals surface area contributed by atoms with Crippen molar-refractivity contribution in [3.05, 3.63) is 22.4 Å². The molecule has 0 aliphatic carbocycles. The summed E-state index contributed by atoms with van der Waals surface area (Å²) in [5.41, 5.74) is 2.83. The second kappa shape index (κ2) is 4.19. The van der Waals surface area contributed by atoms with E-state index in [1.807, 2.05) is 6.07 Å². The summed E-state index contributed by atoms with van der Waals surface area (Å²) in [5.74, 6) is 5.52. The molecule has 72 valence electrons. The average molecular weight is 198 g/mol. The third-order valence-electron chi connectivity index (χ3n) is 2.37. The highest BCUT2D eigenvalue weighted by molar-refractivity contribution is 7.10. The Labute approximate surface area is 81.9 Å². The van der Waals surface area contributed by atoms with E-state index in [2.05, 4.69) is 16.9 Å². The highest BCUT2D eigenvalue weighted by atomic mass is 32.1. The van der Waals surface area contributed by atoms with Crippen LogP contribution in [0.3, 0.4) is 0 Å². The van der Waals surface area contributed by atoms with E-state index in [1.54, 1.807) is 11.3 Å². The van der Waals surface area contributed by atoms with Crippen molar-refractivity contribution in [3.63, 3.8) is 0 Å². The van der Waals surface area contributed by atoms with Gasteiger partial charge in [0.2, 0.25) is 0 Å². The molecule has 13 heavy (non-hydrogen) atoms. The lowest BCUT2D eigenvalue weighted by Crippen LogP contribution is -2.35. The molecule has 4 heteroatoms. The molecule has 1 aromatic heterocycles. The zero-order chi connectivity index (χ0) is 9.10. The Hall–Kier alpha value is -0.420. The lowest BCUT2D eigenvalue weighted by atomic mass is 10.1. The van der Waals surface area contributed by atoms with Crippen LogP contribution < -0.4 is 11.3 Å². The molecule has 2 heterocycles. The van der Waals surface area contributed by atoms with Gasteiger partial charge in [0, 0.05) is 11.5 Å². The molecule has 2 unspecified atom stereocenters. The molecule has 3 N–H and O–H groups in total. The van der Waals surface area contributed by atoms with Crippen LogP contribution in [0.15, 0.2) is 17.5 Å². The van der Waals surface area contributed by atoms with Crippen LogP contribution in [0.5, 0.6) is 0 Å². The van der Waals surface area contributed by atoms with Gasteiger partial charge in [-0.2, -0.15) is 0 Å². The molecule has 3 nitrogen and oxygen atoms in total. The quantitative estimate of drug-likeness (QED) is 0.570. The summed E-state index contributed by atoms with van der Waals surface area (Å²) in [4.78, 5) is 1.26. The Bertz CT molecular complexity index is 244. The van der Waals surface area contributed by atoms with E-state index in [1.165, 1.54) is 4.88 Å². The predicted molar refractivity (Wildman–Crippen MR) is 53.4 cm³/mol. The maximum absolute atomic E-state index is 5.59. The molecule has 1 aliphatic heterocycles. The van der Waals surface area contributed by atoms with E-state index in [0.29, 0.717) is 0 Å². The molecule has 1 saturated heterocycles. The first-order valence-electron chi connectivity index (χ1n) is 4.53. The minimum atomic E-state index is 0.169. The van der Waals surface area contributed by atoms with Crippen LogP contribution in [0, 0.1) is 0 Å². The minimum absolute atomic E-state index is 0.169. The number of hydrogen-bond acceptors (Lipinski definition) is 4. The van der Waals surface area contributed by atoms with Crippen LogP contribution in [0.1, 0.15) is 23.8 Å². The van der Waals surface area contributed by atoms with Gasteiger partial charge in [0.1, 0.15) is 0 Å². The Balaban J connectivity index is 2.08. The first kappa shape index (κ1) is 9.15. The van der Waals surface area contributed by atoms with Crippen molar-refractivity contribution in [2.24, 2.45) is 5.84 Å². The molecule has 2 rings (SSSR count). The molecule has 1 aliphatic rings. The second-order valence-electron chi connectivity index (χ2n) is 3.21. The first-order valence-corrected chi connectivity index (χ1v) is 5.41. The summed E-state index contributed by atoms with van der Waals surface area (Å²) in [5, 5.41) is 2.06. The Morgan fingerprint density at radius 3 is 3.15 bits per heavy atom. The molecule has 0 amide bonds. The number of thiophene rings is 1. The second-order valence-corrected chi connectivity index (χ2v) is 4.19. The van der Waals surface area contributed by atoms with Gasteiger partial charge in [0.15, 0.2) is 0 Å². The van der Waals surface area contributed by atoms with E-state index in [-0.39, 0.29) is 12.1 Å². The fourth-order valence-corrected chi connectivity index (χ4v) is 2.54. The summed E-state index contributed by atoms with van der Waals surface area (Å²) in [6, 6.07) is 4.30. The monoisotopic (exact) mass is 198 g/mol. The van der Waals surface area contributed by atoms with E-state index in [0.717, 1.165) is 19.4 Å². The molecule has 1 fully saturated rings. The van der Waals surface area contributed by atoms with E-state index < -0.39 is 0 Å². The van der Waals surface area contributed by atoms with E-state index in [4.69, 9.17) is 10.6 Å². The number of hydrogen-bond donors (Lipinski definition) is 2. The zero-order valence-electron chi connectivity index (χ0n) is 7.40. The van der Waals surface area contributed by atoms with Crippen molar-refractivity contribution in [1.29, 1.82) is 0 Å². The van der Waals surface area contributed by atoms with E-state index in [9.17, 15) is 0 Å². The van der Waals surface area contributed by atoms with Gasteiger partial charge >= 0.3 is 0 Å². The van der Waals surface area contributed by atoms with Crippen molar-refractivity contribution < 1.29 is 4.74 Å². The number of nitrogens with two attached hydrogens (primary N) is 1. The van der Waals surface area contributed by atoms with Crippen molar-refractivity contribution in [2.45, 2.75) is 25.0 Å². The van der Waals surface area contributed by atoms with Gasteiger partial charge < -0.3 is 4.74 Å². The molecular weight excluding hydrogens is 184 g/mol. The van der Waals surface area contributed by atoms with Crippen molar-refractivity contribution in [2.75, 3.05) is 6.61 Å². The molecular formula is C9H14N2OS. The average Bonchev–Trinajstić information content (AvgIpc) is 2.76. The summed E-state index contributed by atoms with van der Waals surface area (Å²) in [6.07, 6.45) is 2.50. The predicted octanol–water partition coefficient (Wildman–Crippen LogP) is 1.43. The van der Waals surface area contributed by atoms with Crippen LogP contribution in [-0.2, 0) is 4.74 Å². The molecule has 0 radical (unpaired) electrons. The van der Waals surface area contributed by atoms with E-state index >= 15 is 0 Å². The van der Waals surface area contributed by atoms with Gasteiger partial charge in [0.05, 0.1) is 12.1 Å². The SMILES string of the molecule is NNC(c1cccs1)C1CCCO1. The third-order valence-corrected chi connectivity index (χ3v) is 3.32. The smallest absolute Gasteiger partial charge is 0.0814 e. The van der Waals surface area contributed by atoms with Gasteiger partial charge in [-0.25, -0.2) is 5.43 Å². The summed E-state index contributed by atoms with van der Waals surface area (Å²) >= 11 is 1.72. The van der Waals surface area contributed by atoms with Crippen LogP contribution in [0.4, 0.5) is 0 Å². The molecule has 0 aromatic carbocycles. The fraction of sp³-hybridized carbons (Fsp3) is 0.556. The van der Waals surface area contributed by atoms with Crippen molar-refractivity contribution >= 4 is 11.3 Å². The molecule has 1 aromatic rings. The molecule has 2 atom stereocenters. The zero-order valence-corrected chi connectivity index (χ0v) is 8.22. The molecule has 0 saturated carbocycles. The number of hydrazine groups is 1. The number of nitrogens with one attached hydrogen (secondary N) is 1. The largest absolute Gasteiger partial charge is 0.376 e. The maximum atomic E-state index is 5.59. The van der Waals surface area contributed by atoms with Crippen LogP contribution >= 0.6 is 11.3 Å². The highest BCUT2D eigenvalue weighted by Gasteiger charge is 2.26. The standard InChI is InChI=1S/C9H14N2OS/c10-11-9(7-3-1-5-12-7)8-4-2-6-13-8/h2,4,6-7,9,11H,1,3,5,10H2. The topological polar surface area (TPSA) is 47.3 Å². The number of rotatable bonds is 3. The Morgan fingerprint density at radius 2 is 2.62 bits per heavy atom. The van der Waals surface area contributed by atoms with Crippen LogP contribution in [0.25, 0.3) is 0 Å². The normalized spacial score (nSPS) is 24.8. The molecule has 0 bridgehead atoms. The van der Waals surface area contributed by atoms with Gasteiger partial charge in [-0.3, -0.25) is 5.84 Å². The van der Waals surface area contributed by atoms with Gasteiger partial charge in [-0.05, 0) is 24.3 Å². The van der Waals surface area contributed by atoms with Gasteiger partial charge in [0.25, 0.3) is 0 Å². The van der Waals surface area contributed by atoms with Crippen LogP contribution in [0.2, 0.25) is 0 Å². The lowest BCUT2D eigenvalue weighted by molar-refractivity contribution is 0.0794. The summed E-state index contributed by atoms with van der Waals surface area (Å²) in [6.45, 7) is 0.869. The number of ether oxygens (including phenoxy) is 1. The summed E-state index contributed by atoms with van der Waals surface area (Å²) < 4.78 is 5.59. The first-order chi connectivity index (χ1) is 6.42. The minimum Gasteiger partial charge on any atom is -0.376 e. The highest BCUT2D eigenvalue weighted by Crippen LogP contribution is 2.28. The molecule has 0 spiro atoms. The summed E-state index contributed by atoms with van der Waals surface area (Å²) in [7, 11) is 0. The fourth-order valence-electron chi connectivity index (χ4n) is 1.71. The van der Waals surface area contributed by atoms with Crippen molar-refractivity contribution in [3.8, 4) is 0 Å². The van der Waals surface area contributed by atoms with Crippen LogP contribution in [-0.4, -0.2) is 12.7 Å². The third kappa shape index (κ3) is 1.91. The Kier molecular flexibility index (Phi) is 2.95.